The molecule has 4 atom stereocenters. The third-order valence-corrected chi connectivity index (χ3v) is 4.45. The van der Waals surface area contributed by atoms with Gasteiger partial charge in [-0.25, -0.2) is 4.79 Å². The quantitative estimate of drug-likeness (QED) is 0.636. The molecule has 2 aliphatic rings. The van der Waals surface area contributed by atoms with E-state index in [1.54, 1.807) is 0 Å². The highest BCUT2D eigenvalue weighted by Gasteiger charge is 2.47. The summed E-state index contributed by atoms with van der Waals surface area (Å²) in [6.07, 6.45) is 2.22. The second kappa shape index (κ2) is 6.33. The molecule has 0 saturated carbocycles. The van der Waals surface area contributed by atoms with Gasteiger partial charge in [-0.3, -0.25) is 19.2 Å². The molecule has 0 aromatic carbocycles. The lowest BCUT2D eigenvalue weighted by Gasteiger charge is -2.36. The molecule has 0 aliphatic carbocycles. The number of rotatable bonds is 3. The molecule has 122 valence electrons. The number of aliphatic hydroxyl groups excluding tert-OH is 2. The number of hydrogen-bond acceptors (Lipinski definition) is 6. The first-order chi connectivity index (χ1) is 10.6. The zero-order valence-corrected chi connectivity index (χ0v) is 12.2. The first kappa shape index (κ1) is 15.4. The summed E-state index contributed by atoms with van der Waals surface area (Å²) in [5.41, 5.74) is -1.06. The standard InChI is InChI=1S/C14H21N3O5/c18-8-9-12(20)11(16-5-2-1-3-6-16)13(22-9)17-7-4-10(19)15-14(17)21/h4,7,9,11-13,18,20H,1-3,5-6,8H2,(H,15,19,21)/t9-,11-,12+,13-/m1/s1. The lowest BCUT2D eigenvalue weighted by atomic mass is 10.0. The number of hydrogen-bond donors (Lipinski definition) is 3. The normalized spacial score (nSPS) is 33.2. The third-order valence-electron chi connectivity index (χ3n) is 4.45. The number of piperidine rings is 1. The van der Waals surface area contributed by atoms with Crippen molar-refractivity contribution in [3.05, 3.63) is 33.1 Å². The highest BCUT2D eigenvalue weighted by molar-refractivity contribution is 4.98. The smallest absolute Gasteiger partial charge is 0.330 e. The van der Waals surface area contributed by atoms with Crippen LogP contribution in [0.2, 0.25) is 0 Å². The van der Waals surface area contributed by atoms with Gasteiger partial charge in [0.25, 0.3) is 5.56 Å². The molecule has 2 aliphatic heterocycles. The Morgan fingerprint density at radius 2 is 2.00 bits per heavy atom. The van der Waals surface area contributed by atoms with Crippen LogP contribution in [0.3, 0.4) is 0 Å². The topological polar surface area (TPSA) is 108 Å². The molecule has 22 heavy (non-hydrogen) atoms. The molecule has 3 N–H and O–H groups in total. The first-order valence-corrected chi connectivity index (χ1v) is 7.61. The van der Waals surface area contributed by atoms with Crippen LogP contribution in [0.4, 0.5) is 0 Å². The second-order valence-corrected chi connectivity index (χ2v) is 5.84. The Kier molecular flexibility index (Phi) is 4.44. The number of ether oxygens (including phenoxy) is 1. The lowest BCUT2D eigenvalue weighted by Crippen LogP contribution is -2.50. The van der Waals surface area contributed by atoms with E-state index in [-0.39, 0.29) is 6.61 Å². The molecule has 8 heteroatoms. The van der Waals surface area contributed by atoms with E-state index < -0.39 is 35.7 Å². The molecule has 3 heterocycles. The zero-order chi connectivity index (χ0) is 15.7. The summed E-state index contributed by atoms with van der Waals surface area (Å²) in [5, 5.41) is 19.8. The van der Waals surface area contributed by atoms with Crippen molar-refractivity contribution in [2.24, 2.45) is 0 Å². The largest absolute Gasteiger partial charge is 0.394 e. The number of likely N-dealkylation sites (tertiary alicyclic amines) is 1. The Bertz CT molecular complexity index is 621. The maximum absolute atomic E-state index is 12.0. The van der Waals surface area contributed by atoms with Gasteiger partial charge >= 0.3 is 5.69 Å². The van der Waals surface area contributed by atoms with Crippen molar-refractivity contribution in [2.45, 2.75) is 43.7 Å². The van der Waals surface area contributed by atoms with Crippen molar-refractivity contribution < 1.29 is 14.9 Å². The number of H-pyrrole nitrogens is 1. The highest BCUT2D eigenvalue weighted by Crippen LogP contribution is 2.33. The van der Waals surface area contributed by atoms with Gasteiger partial charge in [0, 0.05) is 12.3 Å². The van der Waals surface area contributed by atoms with Crippen molar-refractivity contribution in [3.8, 4) is 0 Å². The van der Waals surface area contributed by atoms with E-state index in [9.17, 15) is 19.8 Å². The molecule has 0 bridgehead atoms. The second-order valence-electron chi connectivity index (χ2n) is 5.84. The van der Waals surface area contributed by atoms with E-state index >= 15 is 0 Å². The molecule has 1 aromatic rings. The molecular formula is C14H21N3O5. The Balaban J connectivity index is 1.95. The van der Waals surface area contributed by atoms with Crippen molar-refractivity contribution in [1.82, 2.24) is 14.5 Å². The van der Waals surface area contributed by atoms with Crippen molar-refractivity contribution in [3.63, 3.8) is 0 Å². The summed E-state index contributed by atoms with van der Waals surface area (Å²) in [6.45, 7) is 1.32. The fourth-order valence-electron chi connectivity index (χ4n) is 3.35. The SMILES string of the molecule is O=c1ccn([C@@H]2O[C@H](CO)[C@H](O)[C@H]2N2CCCCC2)c(=O)[nH]1. The Hall–Kier alpha value is -1.48. The molecule has 2 saturated heterocycles. The van der Waals surface area contributed by atoms with Crippen LogP contribution in [0.5, 0.6) is 0 Å². The van der Waals surface area contributed by atoms with Crippen LogP contribution in [0.1, 0.15) is 25.5 Å². The molecule has 1 aromatic heterocycles. The van der Waals surface area contributed by atoms with Crippen LogP contribution in [0.15, 0.2) is 21.9 Å². The number of nitrogens with zero attached hydrogens (tertiary/aromatic N) is 2. The summed E-state index contributed by atoms with van der Waals surface area (Å²) in [7, 11) is 0. The average Bonchev–Trinajstić information content (AvgIpc) is 2.84. The summed E-state index contributed by atoms with van der Waals surface area (Å²) < 4.78 is 6.97. The lowest BCUT2D eigenvalue weighted by molar-refractivity contribution is -0.0511. The monoisotopic (exact) mass is 311 g/mol. The van der Waals surface area contributed by atoms with Gasteiger partial charge < -0.3 is 14.9 Å². The van der Waals surface area contributed by atoms with Gasteiger partial charge in [-0.2, -0.15) is 0 Å². The van der Waals surface area contributed by atoms with Gasteiger partial charge in [0.05, 0.1) is 12.6 Å². The fourth-order valence-corrected chi connectivity index (χ4v) is 3.35. The van der Waals surface area contributed by atoms with E-state index in [0.29, 0.717) is 0 Å². The molecule has 2 fully saturated rings. The number of aliphatic hydroxyl groups is 2. The summed E-state index contributed by atoms with van der Waals surface area (Å²) in [4.78, 5) is 27.5. The van der Waals surface area contributed by atoms with Crippen LogP contribution in [0.25, 0.3) is 0 Å². The van der Waals surface area contributed by atoms with Crippen LogP contribution in [0, 0.1) is 0 Å². The number of aromatic amines is 1. The summed E-state index contributed by atoms with van der Waals surface area (Å²) >= 11 is 0. The van der Waals surface area contributed by atoms with Gasteiger partial charge in [-0.1, -0.05) is 6.42 Å². The molecule has 0 spiro atoms. The Morgan fingerprint density at radius 1 is 1.27 bits per heavy atom. The van der Waals surface area contributed by atoms with Gasteiger partial charge in [0.2, 0.25) is 0 Å². The predicted octanol–water partition coefficient (Wildman–Crippen LogP) is -1.36. The van der Waals surface area contributed by atoms with Crippen molar-refractivity contribution in [1.29, 1.82) is 0 Å². The highest BCUT2D eigenvalue weighted by atomic mass is 16.5. The van der Waals surface area contributed by atoms with Crippen molar-refractivity contribution in [2.75, 3.05) is 19.7 Å². The fraction of sp³-hybridized carbons (Fsp3) is 0.714. The van der Waals surface area contributed by atoms with Crippen LogP contribution < -0.4 is 11.2 Å². The van der Waals surface area contributed by atoms with Gasteiger partial charge in [-0.15, -0.1) is 0 Å². The molecule has 0 amide bonds. The molecule has 3 rings (SSSR count). The maximum Gasteiger partial charge on any atom is 0.330 e. The Morgan fingerprint density at radius 3 is 2.64 bits per heavy atom. The minimum absolute atomic E-state index is 0.319. The summed E-state index contributed by atoms with van der Waals surface area (Å²) in [6, 6.07) is 0.831. The minimum atomic E-state index is -0.882. The minimum Gasteiger partial charge on any atom is -0.394 e. The zero-order valence-electron chi connectivity index (χ0n) is 12.2. The van der Waals surface area contributed by atoms with E-state index in [1.807, 2.05) is 0 Å². The number of nitrogens with one attached hydrogen (secondary N) is 1. The molecule has 0 radical (unpaired) electrons. The van der Waals surface area contributed by atoms with Crippen LogP contribution in [-0.2, 0) is 4.74 Å². The van der Waals surface area contributed by atoms with Crippen LogP contribution >= 0.6 is 0 Å². The number of aromatic nitrogens is 2. The van der Waals surface area contributed by atoms with E-state index in [2.05, 4.69) is 9.88 Å². The van der Waals surface area contributed by atoms with Gasteiger partial charge in [0.15, 0.2) is 6.23 Å². The third kappa shape index (κ3) is 2.74. The van der Waals surface area contributed by atoms with Gasteiger partial charge in [-0.05, 0) is 25.9 Å². The van der Waals surface area contributed by atoms with E-state index in [0.717, 1.165) is 32.4 Å². The predicted molar refractivity (Wildman–Crippen MR) is 77.5 cm³/mol. The summed E-state index contributed by atoms with van der Waals surface area (Å²) in [5.74, 6) is 0. The van der Waals surface area contributed by atoms with Crippen molar-refractivity contribution >= 4 is 0 Å². The maximum atomic E-state index is 12.0. The van der Waals surface area contributed by atoms with E-state index in [1.165, 1.54) is 16.8 Å². The average molecular weight is 311 g/mol. The first-order valence-electron chi connectivity index (χ1n) is 7.61. The Labute approximate surface area is 127 Å². The molecule has 8 nitrogen and oxygen atoms in total. The van der Waals surface area contributed by atoms with Gasteiger partial charge in [0.1, 0.15) is 12.2 Å². The molecule has 0 unspecified atom stereocenters. The van der Waals surface area contributed by atoms with Crippen LogP contribution in [-0.4, -0.2) is 62.6 Å². The van der Waals surface area contributed by atoms with E-state index in [4.69, 9.17) is 4.74 Å². The molecular weight excluding hydrogens is 290 g/mol.